The quantitative estimate of drug-likeness (QED) is 0.652. The lowest BCUT2D eigenvalue weighted by Gasteiger charge is -2.41. The normalized spacial score (nSPS) is 25.2. The molecule has 0 spiro atoms. The summed E-state index contributed by atoms with van der Waals surface area (Å²) < 4.78 is 12.2. The first-order valence-electron chi connectivity index (χ1n) is 8.55. The molecule has 1 aliphatic rings. The predicted octanol–water partition coefficient (Wildman–Crippen LogP) is 5.44. The van der Waals surface area contributed by atoms with Gasteiger partial charge in [0.1, 0.15) is 0 Å². The third-order valence-corrected chi connectivity index (χ3v) is 4.56. The molecule has 1 saturated heterocycles. The van der Waals surface area contributed by atoms with Crippen LogP contribution in [0.3, 0.4) is 0 Å². The molecule has 22 heavy (non-hydrogen) atoms. The van der Waals surface area contributed by atoms with E-state index in [1.54, 1.807) is 0 Å². The van der Waals surface area contributed by atoms with E-state index in [1.165, 1.54) is 30.4 Å². The van der Waals surface area contributed by atoms with Crippen LogP contribution in [0.1, 0.15) is 58.9 Å². The second-order valence-corrected chi connectivity index (χ2v) is 7.00. The molecular formula is C20H30O2. The fourth-order valence-electron chi connectivity index (χ4n) is 2.61. The number of hydrogen-bond donors (Lipinski definition) is 0. The highest BCUT2D eigenvalue weighted by atomic mass is 16.7. The van der Waals surface area contributed by atoms with Crippen LogP contribution in [0.25, 0.3) is 6.08 Å². The number of hydrogen-bond acceptors (Lipinski definition) is 2. The van der Waals surface area contributed by atoms with E-state index in [0.29, 0.717) is 0 Å². The topological polar surface area (TPSA) is 18.5 Å². The summed E-state index contributed by atoms with van der Waals surface area (Å²) in [6.45, 7) is 9.54. The summed E-state index contributed by atoms with van der Waals surface area (Å²) in [4.78, 5) is 0. The summed E-state index contributed by atoms with van der Waals surface area (Å²) in [6, 6.07) is 10.5. The van der Waals surface area contributed by atoms with Crippen molar-refractivity contribution in [3.63, 3.8) is 0 Å². The summed E-state index contributed by atoms with van der Waals surface area (Å²) in [6.07, 6.45) is 6.97. The minimum absolute atomic E-state index is 0.0811. The molecule has 0 saturated carbocycles. The lowest BCUT2D eigenvalue weighted by Crippen LogP contribution is -2.44. The van der Waals surface area contributed by atoms with E-state index in [0.717, 1.165) is 13.0 Å². The highest BCUT2D eigenvalue weighted by Gasteiger charge is 2.36. The maximum atomic E-state index is 6.18. The summed E-state index contributed by atoms with van der Waals surface area (Å²) in [5, 5.41) is 0. The molecule has 0 N–H and O–H groups in total. The minimum atomic E-state index is -0.194. The fraction of sp³-hybridized carbons (Fsp3) is 0.600. The molecule has 1 heterocycles. The summed E-state index contributed by atoms with van der Waals surface area (Å²) in [7, 11) is 0. The standard InChI is InChI=1S/C20H30O2/c1-5-6-8-13-18(14-17-11-9-7-10-12-17)19-21-15-20(3,4)16(2)22-19/h7,9-12,14,16,19H,5-6,8,13,15H2,1-4H3/b18-14+/t16-,19+/m0/s1. The average Bonchev–Trinajstić information content (AvgIpc) is 2.50. The van der Waals surface area contributed by atoms with Gasteiger partial charge < -0.3 is 9.47 Å². The Morgan fingerprint density at radius 2 is 1.95 bits per heavy atom. The van der Waals surface area contributed by atoms with E-state index in [2.05, 4.69) is 58.0 Å². The SMILES string of the molecule is CCCCC/C(=C\c1ccccc1)[C@@H]1OCC(C)(C)[C@H](C)O1. The highest BCUT2D eigenvalue weighted by molar-refractivity contribution is 5.53. The van der Waals surface area contributed by atoms with Gasteiger partial charge in [0.2, 0.25) is 0 Å². The third-order valence-electron chi connectivity index (χ3n) is 4.56. The first-order valence-corrected chi connectivity index (χ1v) is 8.55. The van der Waals surface area contributed by atoms with Gasteiger partial charge in [0.05, 0.1) is 12.7 Å². The molecule has 1 aromatic rings. The van der Waals surface area contributed by atoms with Crippen molar-refractivity contribution in [2.75, 3.05) is 6.61 Å². The zero-order valence-corrected chi connectivity index (χ0v) is 14.5. The van der Waals surface area contributed by atoms with E-state index in [9.17, 15) is 0 Å². The smallest absolute Gasteiger partial charge is 0.180 e. The zero-order chi connectivity index (χ0) is 16.0. The molecule has 2 nitrogen and oxygen atoms in total. The Balaban J connectivity index is 2.12. The molecule has 2 rings (SSSR count). The summed E-state index contributed by atoms with van der Waals surface area (Å²) >= 11 is 0. The van der Waals surface area contributed by atoms with Crippen LogP contribution in [0, 0.1) is 5.41 Å². The molecule has 0 amide bonds. The van der Waals surface area contributed by atoms with Crippen molar-refractivity contribution in [3.8, 4) is 0 Å². The molecule has 1 fully saturated rings. The van der Waals surface area contributed by atoms with Crippen LogP contribution in [0.5, 0.6) is 0 Å². The van der Waals surface area contributed by atoms with Crippen LogP contribution in [0.15, 0.2) is 35.9 Å². The monoisotopic (exact) mass is 302 g/mol. The van der Waals surface area contributed by atoms with Crippen molar-refractivity contribution in [2.24, 2.45) is 5.41 Å². The van der Waals surface area contributed by atoms with Crippen LogP contribution in [-0.2, 0) is 9.47 Å². The lowest BCUT2D eigenvalue weighted by atomic mass is 9.87. The summed E-state index contributed by atoms with van der Waals surface area (Å²) in [5.41, 5.74) is 2.57. The Bertz CT molecular complexity index is 476. The maximum absolute atomic E-state index is 6.18. The number of benzene rings is 1. The number of rotatable bonds is 6. The molecule has 0 unspecified atom stereocenters. The van der Waals surface area contributed by atoms with Gasteiger partial charge in [0.15, 0.2) is 6.29 Å². The van der Waals surface area contributed by atoms with Crippen LogP contribution in [-0.4, -0.2) is 19.0 Å². The molecule has 0 aromatic heterocycles. The molecule has 0 bridgehead atoms. The van der Waals surface area contributed by atoms with Gasteiger partial charge in [-0.15, -0.1) is 0 Å². The Hall–Kier alpha value is -1.12. The Kier molecular flexibility index (Phi) is 6.22. The lowest BCUT2D eigenvalue weighted by molar-refractivity contribution is -0.238. The van der Waals surface area contributed by atoms with Gasteiger partial charge in [-0.05, 0) is 30.9 Å². The Morgan fingerprint density at radius 3 is 2.59 bits per heavy atom. The van der Waals surface area contributed by atoms with E-state index < -0.39 is 0 Å². The third kappa shape index (κ3) is 4.69. The van der Waals surface area contributed by atoms with Crippen molar-refractivity contribution in [3.05, 3.63) is 41.5 Å². The fourth-order valence-corrected chi connectivity index (χ4v) is 2.61. The van der Waals surface area contributed by atoms with Gasteiger partial charge in [-0.1, -0.05) is 70.0 Å². The summed E-state index contributed by atoms with van der Waals surface area (Å²) in [5.74, 6) is 0. The molecule has 1 aromatic carbocycles. The average molecular weight is 302 g/mol. The van der Waals surface area contributed by atoms with Crippen molar-refractivity contribution in [1.29, 1.82) is 0 Å². The Labute approximate surface area is 135 Å². The van der Waals surface area contributed by atoms with Gasteiger partial charge in [-0.2, -0.15) is 0 Å². The Morgan fingerprint density at radius 1 is 1.23 bits per heavy atom. The molecule has 2 atom stereocenters. The number of ether oxygens (including phenoxy) is 2. The van der Waals surface area contributed by atoms with Crippen molar-refractivity contribution >= 4 is 6.08 Å². The van der Waals surface area contributed by atoms with E-state index in [-0.39, 0.29) is 17.8 Å². The second kappa shape index (κ2) is 7.94. The van der Waals surface area contributed by atoms with Gasteiger partial charge >= 0.3 is 0 Å². The number of unbranched alkanes of at least 4 members (excludes halogenated alkanes) is 2. The molecule has 0 aliphatic carbocycles. The second-order valence-electron chi connectivity index (χ2n) is 7.00. The largest absolute Gasteiger partial charge is 0.348 e. The van der Waals surface area contributed by atoms with Crippen molar-refractivity contribution < 1.29 is 9.47 Å². The van der Waals surface area contributed by atoms with Crippen molar-refractivity contribution in [1.82, 2.24) is 0 Å². The van der Waals surface area contributed by atoms with E-state index in [1.807, 2.05) is 6.07 Å². The van der Waals surface area contributed by atoms with E-state index >= 15 is 0 Å². The zero-order valence-electron chi connectivity index (χ0n) is 14.5. The minimum Gasteiger partial charge on any atom is -0.348 e. The first-order chi connectivity index (χ1) is 10.5. The van der Waals surface area contributed by atoms with Crippen molar-refractivity contribution in [2.45, 2.75) is 65.8 Å². The van der Waals surface area contributed by atoms with Gasteiger partial charge in [-0.3, -0.25) is 0 Å². The van der Waals surface area contributed by atoms with Gasteiger partial charge in [0.25, 0.3) is 0 Å². The highest BCUT2D eigenvalue weighted by Crippen LogP contribution is 2.33. The van der Waals surface area contributed by atoms with E-state index in [4.69, 9.17) is 9.47 Å². The molecule has 0 radical (unpaired) electrons. The molecule has 122 valence electrons. The van der Waals surface area contributed by atoms with Crippen LogP contribution in [0.4, 0.5) is 0 Å². The maximum Gasteiger partial charge on any atom is 0.180 e. The van der Waals surface area contributed by atoms with Crippen LogP contribution in [0.2, 0.25) is 0 Å². The first kappa shape index (κ1) is 17.2. The molecular weight excluding hydrogens is 272 g/mol. The predicted molar refractivity (Wildman–Crippen MR) is 92.6 cm³/mol. The molecule has 1 aliphatic heterocycles. The van der Waals surface area contributed by atoms with Gasteiger partial charge in [-0.25, -0.2) is 0 Å². The molecule has 2 heteroatoms. The van der Waals surface area contributed by atoms with Gasteiger partial charge in [0, 0.05) is 5.41 Å². The van der Waals surface area contributed by atoms with Crippen LogP contribution < -0.4 is 0 Å². The van der Waals surface area contributed by atoms with Crippen LogP contribution >= 0.6 is 0 Å².